The second-order valence-corrected chi connectivity index (χ2v) is 12.0. The van der Waals surface area contributed by atoms with E-state index in [1.54, 1.807) is 20.1 Å². The van der Waals surface area contributed by atoms with E-state index in [1.165, 1.54) is 9.91 Å². The number of hydrogen-bond donors (Lipinski definition) is 2. The Bertz CT molecular complexity index is 1930. The summed E-state index contributed by atoms with van der Waals surface area (Å²) >= 11 is 3.57. The Morgan fingerprint density at radius 2 is 1.70 bits per heavy atom. The molecule has 10 nitrogen and oxygen atoms in total. The van der Waals surface area contributed by atoms with E-state index < -0.39 is 17.8 Å². The molecule has 0 saturated heterocycles. The predicted octanol–water partition coefficient (Wildman–Crippen LogP) is 6.58. The smallest absolute Gasteiger partial charge is 0.407 e. The van der Waals surface area contributed by atoms with Gasteiger partial charge in [0.05, 0.1) is 18.0 Å². The molecule has 1 amide bonds. The van der Waals surface area contributed by atoms with Gasteiger partial charge in [-0.1, -0.05) is 66.7 Å². The minimum Gasteiger partial charge on any atom is -0.497 e. The third-order valence-electron chi connectivity index (χ3n) is 8.06. The number of aldehydes is 1. The van der Waals surface area contributed by atoms with E-state index in [-0.39, 0.29) is 24.5 Å². The van der Waals surface area contributed by atoms with Crippen molar-refractivity contribution in [3.63, 3.8) is 0 Å². The molecule has 4 aromatic carbocycles. The molecule has 1 heterocycles. The molecule has 0 fully saturated rings. The van der Waals surface area contributed by atoms with Gasteiger partial charge in [0.15, 0.2) is 0 Å². The van der Waals surface area contributed by atoms with Crippen molar-refractivity contribution in [2.24, 2.45) is 0 Å². The second-order valence-electron chi connectivity index (χ2n) is 11.2. The van der Waals surface area contributed by atoms with Gasteiger partial charge in [-0.25, -0.2) is 15.0 Å². The SMILES string of the molecule is COc1ccc(CC(C=O)N(NCc2ccccc2C)c2nc3c(Br)cc(CN(Cc4ccccc4)C(=O)O)c(C)c3c(=O)o2)cc1. The minimum absolute atomic E-state index is 0.0466. The van der Waals surface area contributed by atoms with Crippen LogP contribution in [0.2, 0.25) is 0 Å². The number of nitrogens with zero attached hydrogens (tertiary/aromatic N) is 3. The summed E-state index contributed by atoms with van der Waals surface area (Å²) in [5.41, 5.74) is 7.90. The molecule has 5 rings (SSSR count). The fraction of sp³-hybridized carbons (Fsp3) is 0.222. The van der Waals surface area contributed by atoms with Crippen LogP contribution in [0.3, 0.4) is 0 Å². The van der Waals surface area contributed by atoms with Gasteiger partial charge in [0.1, 0.15) is 18.1 Å². The number of carbonyl (C=O) groups excluding carboxylic acids is 1. The first-order valence-electron chi connectivity index (χ1n) is 15.0. The van der Waals surface area contributed by atoms with Crippen LogP contribution in [0.15, 0.2) is 98.6 Å². The molecule has 0 aliphatic carbocycles. The molecule has 242 valence electrons. The van der Waals surface area contributed by atoms with E-state index in [2.05, 4.69) is 21.4 Å². The lowest BCUT2D eigenvalue weighted by atomic mass is 10.0. The van der Waals surface area contributed by atoms with Crippen LogP contribution in [0.1, 0.15) is 33.4 Å². The van der Waals surface area contributed by atoms with Crippen molar-refractivity contribution in [1.82, 2.24) is 15.3 Å². The van der Waals surface area contributed by atoms with Crippen LogP contribution < -0.4 is 20.8 Å². The molecule has 2 N–H and O–H groups in total. The number of aromatic nitrogens is 1. The van der Waals surface area contributed by atoms with E-state index in [9.17, 15) is 19.5 Å². The first kappa shape index (κ1) is 33.4. The largest absolute Gasteiger partial charge is 0.497 e. The van der Waals surface area contributed by atoms with Crippen molar-refractivity contribution in [2.45, 2.75) is 45.9 Å². The molecule has 0 aliphatic heterocycles. The van der Waals surface area contributed by atoms with Crippen LogP contribution >= 0.6 is 15.9 Å². The van der Waals surface area contributed by atoms with Crippen molar-refractivity contribution >= 4 is 45.2 Å². The van der Waals surface area contributed by atoms with Gasteiger partial charge in [-0.2, -0.15) is 4.98 Å². The molecule has 5 aromatic rings. The van der Waals surface area contributed by atoms with Crippen LogP contribution in [0.5, 0.6) is 5.75 Å². The zero-order chi connectivity index (χ0) is 33.5. The lowest BCUT2D eigenvalue weighted by Crippen LogP contribution is -2.48. The normalized spacial score (nSPS) is 11.7. The molecule has 0 saturated carbocycles. The molecule has 0 spiro atoms. The van der Waals surface area contributed by atoms with Gasteiger partial charge >= 0.3 is 17.7 Å². The van der Waals surface area contributed by atoms with Crippen molar-refractivity contribution < 1.29 is 23.8 Å². The zero-order valence-electron chi connectivity index (χ0n) is 26.3. The number of hydrogen-bond acceptors (Lipinski definition) is 8. The number of fused-ring (bicyclic) bond motifs is 1. The van der Waals surface area contributed by atoms with Gasteiger partial charge in [-0.15, -0.1) is 0 Å². The third-order valence-corrected chi connectivity index (χ3v) is 8.67. The van der Waals surface area contributed by atoms with Gasteiger partial charge in [-0.05, 0) is 81.4 Å². The highest BCUT2D eigenvalue weighted by molar-refractivity contribution is 9.10. The number of carbonyl (C=O) groups is 2. The lowest BCUT2D eigenvalue weighted by Gasteiger charge is -2.29. The maximum absolute atomic E-state index is 13.7. The average Bonchev–Trinajstić information content (AvgIpc) is 3.07. The van der Waals surface area contributed by atoms with E-state index in [1.807, 2.05) is 85.8 Å². The van der Waals surface area contributed by atoms with Crippen LogP contribution in [0.25, 0.3) is 10.9 Å². The summed E-state index contributed by atoms with van der Waals surface area (Å²) in [6, 6.07) is 25.4. The highest BCUT2D eigenvalue weighted by atomic mass is 79.9. The predicted molar refractivity (Wildman–Crippen MR) is 183 cm³/mol. The number of hydrazine groups is 1. The molecule has 0 bridgehead atoms. The van der Waals surface area contributed by atoms with E-state index >= 15 is 0 Å². The fourth-order valence-corrected chi connectivity index (χ4v) is 5.94. The number of aryl methyl sites for hydroxylation is 2. The van der Waals surface area contributed by atoms with E-state index in [4.69, 9.17) is 14.1 Å². The van der Waals surface area contributed by atoms with Crippen LogP contribution in [0, 0.1) is 13.8 Å². The quantitative estimate of drug-likeness (QED) is 0.104. The highest BCUT2D eigenvalue weighted by Gasteiger charge is 2.26. The van der Waals surface area contributed by atoms with Crippen molar-refractivity contribution in [3.05, 3.63) is 133 Å². The van der Waals surface area contributed by atoms with Gasteiger partial charge in [0.2, 0.25) is 0 Å². The average molecular weight is 700 g/mol. The Morgan fingerprint density at radius 1 is 1.00 bits per heavy atom. The molecule has 47 heavy (non-hydrogen) atoms. The number of methoxy groups -OCH3 is 1. The van der Waals surface area contributed by atoms with Gasteiger partial charge < -0.3 is 19.1 Å². The van der Waals surface area contributed by atoms with Gasteiger partial charge in [0.25, 0.3) is 0 Å². The number of carboxylic acid groups (broad SMARTS) is 1. The number of nitrogens with one attached hydrogen (secondary N) is 1. The number of anilines is 1. The summed E-state index contributed by atoms with van der Waals surface area (Å²) in [6.07, 6.45) is -0.00184. The summed E-state index contributed by atoms with van der Waals surface area (Å²) in [5.74, 6) is 0.694. The Hall–Kier alpha value is -5.00. The van der Waals surface area contributed by atoms with Gasteiger partial charge in [0, 0.05) is 30.5 Å². The first-order valence-corrected chi connectivity index (χ1v) is 15.8. The molecule has 1 atom stereocenters. The fourth-order valence-electron chi connectivity index (χ4n) is 5.38. The maximum atomic E-state index is 13.7. The molecular weight excluding hydrogens is 664 g/mol. The highest BCUT2D eigenvalue weighted by Crippen LogP contribution is 2.30. The Kier molecular flexibility index (Phi) is 10.7. The van der Waals surface area contributed by atoms with Crippen LogP contribution in [-0.4, -0.2) is 40.5 Å². The molecule has 11 heteroatoms. The maximum Gasteiger partial charge on any atom is 0.407 e. The third kappa shape index (κ3) is 7.87. The molecular formula is C36H35BrN4O6. The summed E-state index contributed by atoms with van der Waals surface area (Å²) < 4.78 is 11.6. The lowest BCUT2D eigenvalue weighted by molar-refractivity contribution is -0.109. The Labute approximate surface area is 280 Å². The van der Waals surface area contributed by atoms with E-state index in [0.717, 1.165) is 28.5 Å². The zero-order valence-corrected chi connectivity index (χ0v) is 27.9. The molecule has 1 unspecified atom stereocenters. The Balaban J connectivity index is 1.52. The minimum atomic E-state index is -1.09. The topological polar surface area (TPSA) is 125 Å². The molecule has 0 radical (unpaired) electrons. The van der Waals surface area contributed by atoms with Crippen LogP contribution in [-0.2, 0) is 30.8 Å². The number of amides is 1. The van der Waals surface area contributed by atoms with Crippen molar-refractivity contribution in [3.8, 4) is 5.75 Å². The second kappa shape index (κ2) is 15.1. The number of benzene rings is 4. The van der Waals surface area contributed by atoms with Crippen molar-refractivity contribution in [2.75, 3.05) is 12.1 Å². The van der Waals surface area contributed by atoms with E-state index in [0.29, 0.717) is 39.8 Å². The van der Waals surface area contributed by atoms with Crippen molar-refractivity contribution in [1.29, 1.82) is 0 Å². The number of rotatable bonds is 13. The summed E-state index contributed by atoms with van der Waals surface area (Å²) in [7, 11) is 1.59. The summed E-state index contributed by atoms with van der Waals surface area (Å²) in [5, 5.41) is 11.7. The first-order chi connectivity index (χ1) is 22.7. The van der Waals surface area contributed by atoms with Gasteiger partial charge in [-0.3, -0.25) is 9.91 Å². The van der Waals surface area contributed by atoms with Crippen LogP contribution in [0.4, 0.5) is 10.8 Å². The summed E-state index contributed by atoms with van der Waals surface area (Å²) in [4.78, 5) is 44.5. The molecule has 0 aliphatic rings. The Morgan fingerprint density at radius 3 is 2.36 bits per heavy atom. The monoisotopic (exact) mass is 698 g/mol. The number of halogens is 1. The number of ether oxygens (including phenoxy) is 1. The standard InChI is InChI=1S/C36H35BrN4O6/c1-23-9-7-8-12-27(23)19-38-41(29(22-42)17-25-13-15-30(46-3)16-14-25)35-39-33-31(37)18-28(24(2)32(33)34(43)47-35)21-40(36(44)45)20-26-10-5-4-6-11-26/h4-16,18,22,29,38H,17,19-21H2,1-3H3,(H,44,45). The summed E-state index contributed by atoms with van der Waals surface area (Å²) in [6.45, 7) is 4.31. The molecule has 1 aromatic heterocycles.